The fraction of sp³-hybridized carbons (Fsp3) is 0. The van der Waals surface area contributed by atoms with Crippen LogP contribution in [0.1, 0.15) is 5.56 Å². The molecule has 0 unspecified atom stereocenters. The molecule has 8 aromatic rings. The largest absolute Gasteiger partial charge is 0.309 e. The molecule has 5 aromatic carbocycles. The first-order valence-electron chi connectivity index (χ1n) is 13.2. The number of nitrogens with zero attached hydrogens (tertiary/aromatic N) is 3. The van der Waals surface area contributed by atoms with E-state index in [4.69, 9.17) is 0 Å². The van der Waals surface area contributed by atoms with Crippen LogP contribution in [-0.4, -0.2) is 9.55 Å². The molecular formula is C36H21N3S. The van der Waals surface area contributed by atoms with Crippen molar-refractivity contribution >= 4 is 53.3 Å². The van der Waals surface area contributed by atoms with Gasteiger partial charge in [-0.3, -0.25) is 4.98 Å². The van der Waals surface area contributed by atoms with Crippen LogP contribution in [0, 0.1) is 11.3 Å². The lowest BCUT2D eigenvalue weighted by Gasteiger charge is -2.11. The number of thiophene rings is 1. The van der Waals surface area contributed by atoms with E-state index in [0.717, 1.165) is 22.4 Å². The molecule has 4 heteroatoms. The van der Waals surface area contributed by atoms with Crippen molar-refractivity contribution in [3.8, 4) is 34.1 Å². The van der Waals surface area contributed by atoms with Crippen molar-refractivity contribution in [2.75, 3.05) is 0 Å². The second-order valence-corrected chi connectivity index (χ2v) is 11.0. The molecule has 3 aromatic heterocycles. The molecule has 0 saturated carbocycles. The highest BCUT2D eigenvalue weighted by molar-refractivity contribution is 7.26. The highest BCUT2D eigenvalue weighted by Gasteiger charge is 2.17. The van der Waals surface area contributed by atoms with E-state index in [0.29, 0.717) is 11.3 Å². The van der Waals surface area contributed by atoms with Crippen LogP contribution in [0.2, 0.25) is 0 Å². The summed E-state index contributed by atoms with van der Waals surface area (Å²) in [5.41, 5.74) is 7.93. The smallest absolute Gasteiger partial charge is 0.101 e. The van der Waals surface area contributed by atoms with E-state index in [1.165, 1.54) is 42.0 Å². The number of fused-ring (bicyclic) bond motifs is 7. The number of hydrogen-bond donors (Lipinski definition) is 0. The van der Waals surface area contributed by atoms with Crippen molar-refractivity contribution in [2.45, 2.75) is 0 Å². The van der Waals surface area contributed by atoms with Crippen LogP contribution in [0.15, 0.2) is 128 Å². The Morgan fingerprint density at radius 2 is 1.40 bits per heavy atom. The minimum Gasteiger partial charge on any atom is -0.309 e. The van der Waals surface area contributed by atoms with Gasteiger partial charge in [0.1, 0.15) is 6.07 Å². The Labute approximate surface area is 234 Å². The summed E-state index contributed by atoms with van der Waals surface area (Å²) in [6.07, 6.45) is 1.74. The number of nitriles is 1. The Morgan fingerprint density at radius 3 is 2.30 bits per heavy atom. The van der Waals surface area contributed by atoms with E-state index in [1.807, 2.05) is 29.5 Å². The Balaban J connectivity index is 1.34. The maximum atomic E-state index is 9.60. The summed E-state index contributed by atoms with van der Waals surface area (Å²) in [4.78, 5) is 4.50. The van der Waals surface area contributed by atoms with Crippen LogP contribution in [0.3, 0.4) is 0 Å². The van der Waals surface area contributed by atoms with Gasteiger partial charge in [0, 0.05) is 48.4 Å². The normalized spacial score (nSPS) is 11.5. The van der Waals surface area contributed by atoms with Gasteiger partial charge >= 0.3 is 0 Å². The molecule has 0 bridgehead atoms. The van der Waals surface area contributed by atoms with Crippen LogP contribution in [0.4, 0.5) is 0 Å². The molecular weight excluding hydrogens is 506 g/mol. The Bertz CT molecular complexity index is 2300. The summed E-state index contributed by atoms with van der Waals surface area (Å²) in [6.45, 7) is 0. The van der Waals surface area contributed by atoms with Crippen molar-refractivity contribution < 1.29 is 0 Å². The van der Waals surface area contributed by atoms with Gasteiger partial charge in [-0.1, -0.05) is 72.8 Å². The minimum absolute atomic E-state index is 0.575. The Morgan fingerprint density at radius 1 is 0.625 bits per heavy atom. The highest BCUT2D eigenvalue weighted by atomic mass is 32.1. The van der Waals surface area contributed by atoms with Gasteiger partial charge in [-0.05, 0) is 59.7 Å². The number of rotatable bonds is 3. The van der Waals surface area contributed by atoms with E-state index < -0.39 is 0 Å². The zero-order chi connectivity index (χ0) is 26.6. The van der Waals surface area contributed by atoms with Gasteiger partial charge < -0.3 is 4.57 Å². The van der Waals surface area contributed by atoms with Crippen LogP contribution >= 0.6 is 11.3 Å². The van der Waals surface area contributed by atoms with Crippen LogP contribution < -0.4 is 0 Å². The molecule has 0 spiro atoms. The molecule has 0 aliphatic rings. The van der Waals surface area contributed by atoms with Gasteiger partial charge in [0.25, 0.3) is 0 Å². The third kappa shape index (κ3) is 3.39. The first-order valence-corrected chi connectivity index (χ1v) is 14.0. The maximum Gasteiger partial charge on any atom is 0.101 e. The highest BCUT2D eigenvalue weighted by Crippen LogP contribution is 2.43. The second kappa shape index (κ2) is 8.91. The average Bonchev–Trinajstić information content (AvgIpc) is 3.57. The van der Waals surface area contributed by atoms with E-state index in [2.05, 4.69) is 113 Å². The lowest BCUT2D eigenvalue weighted by atomic mass is 9.99. The van der Waals surface area contributed by atoms with Gasteiger partial charge in [-0.15, -0.1) is 11.3 Å². The van der Waals surface area contributed by atoms with Crippen LogP contribution in [-0.2, 0) is 0 Å². The molecule has 8 rings (SSSR count). The lowest BCUT2D eigenvalue weighted by molar-refractivity contribution is 1.18. The van der Waals surface area contributed by atoms with Crippen molar-refractivity contribution in [3.63, 3.8) is 0 Å². The maximum absolute atomic E-state index is 9.60. The number of aromatic nitrogens is 2. The number of hydrogen-bond acceptors (Lipinski definition) is 3. The quantitative estimate of drug-likeness (QED) is 0.229. The molecule has 0 saturated heterocycles. The van der Waals surface area contributed by atoms with Crippen molar-refractivity contribution in [2.24, 2.45) is 0 Å². The molecule has 0 amide bonds. The van der Waals surface area contributed by atoms with Gasteiger partial charge in [-0.2, -0.15) is 5.26 Å². The van der Waals surface area contributed by atoms with Crippen molar-refractivity contribution in [3.05, 3.63) is 133 Å². The third-order valence-corrected chi connectivity index (χ3v) is 8.89. The van der Waals surface area contributed by atoms with Crippen molar-refractivity contribution in [1.82, 2.24) is 9.55 Å². The number of pyridine rings is 1. The van der Waals surface area contributed by atoms with E-state index in [9.17, 15) is 5.26 Å². The molecule has 0 aliphatic heterocycles. The van der Waals surface area contributed by atoms with E-state index in [1.54, 1.807) is 12.3 Å². The predicted octanol–water partition coefficient (Wildman–Crippen LogP) is 9.75. The number of benzene rings is 5. The monoisotopic (exact) mass is 527 g/mol. The van der Waals surface area contributed by atoms with Gasteiger partial charge in [0.15, 0.2) is 0 Å². The number of para-hydroxylation sites is 1. The van der Waals surface area contributed by atoms with Gasteiger partial charge in [0.05, 0.1) is 22.3 Å². The molecule has 0 atom stereocenters. The average molecular weight is 528 g/mol. The Hall–Kier alpha value is -5.24. The summed E-state index contributed by atoms with van der Waals surface area (Å²) < 4.78 is 5.03. The molecule has 0 radical (unpaired) electrons. The predicted molar refractivity (Wildman–Crippen MR) is 167 cm³/mol. The fourth-order valence-electron chi connectivity index (χ4n) is 5.91. The molecule has 40 heavy (non-hydrogen) atoms. The minimum atomic E-state index is 0.575. The lowest BCUT2D eigenvalue weighted by Crippen LogP contribution is -1.94. The molecule has 0 fully saturated rings. The molecule has 0 N–H and O–H groups in total. The fourth-order valence-corrected chi connectivity index (χ4v) is 7.17. The second-order valence-electron chi connectivity index (χ2n) is 9.93. The third-order valence-electron chi connectivity index (χ3n) is 7.68. The molecule has 0 aliphatic carbocycles. The zero-order valence-electron chi connectivity index (χ0n) is 21.4. The summed E-state index contributed by atoms with van der Waals surface area (Å²) in [7, 11) is 0. The SMILES string of the molecule is N#Cc1cccnc1-c1cccc(-c2cccc(-n3c4ccccc4c4c5sc6ccccc6c5ccc43)c2)c1. The Kier molecular flexibility index (Phi) is 5.06. The standard InChI is InChI=1S/C36H21N3S/c37-22-26-11-7-19-38-35(26)25-10-5-8-23(20-25)24-9-6-12-27(21-24)39-31-15-3-1-14-30(31)34-32(39)18-17-29-28-13-2-4-16-33(28)40-36(29)34/h1-21H. The summed E-state index contributed by atoms with van der Waals surface area (Å²) in [5, 5.41) is 14.8. The summed E-state index contributed by atoms with van der Waals surface area (Å²) in [5.74, 6) is 0. The van der Waals surface area contributed by atoms with Crippen LogP contribution in [0.25, 0.3) is 70.0 Å². The van der Waals surface area contributed by atoms with Crippen molar-refractivity contribution in [1.29, 1.82) is 5.26 Å². The van der Waals surface area contributed by atoms with Gasteiger partial charge in [0.2, 0.25) is 0 Å². The zero-order valence-corrected chi connectivity index (χ0v) is 22.2. The molecule has 3 nitrogen and oxygen atoms in total. The first kappa shape index (κ1) is 22.7. The topological polar surface area (TPSA) is 41.6 Å². The summed E-state index contributed by atoms with van der Waals surface area (Å²) in [6, 6.07) is 44.8. The summed E-state index contributed by atoms with van der Waals surface area (Å²) >= 11 is 1.87. The van der Waals surface area contributed by atoms with E-state index in [-0.39, 0.29) is 0 Å². The molecule has 3 heterocycles. The molecule has 186 valence electrons. The van der Waals surface area contributed by atoms with E-state index >= 15 is 0 Å². The first-order chi connectivity index (χ1) is 19.8. The van der Waals surface area contributed by atoms with Gasteiger partial charge in [-0.25, -0.2) is 0 Å². The van der Waals surface area contributed by atoms with Crippen LogP contribution in [0.5, 0.6) is 0 Å².